The quantitative estimate of drug-likeness (QED) is 0.0640. The summed E-state index contributed by atoms with van der Waals surface area (Å²) in [6.07, 6.45) is 27.6. The minimum atomic E-state index is -2.92. The van der Waals surface area contributed by atoms with Crippen LogP contribution in [-0.2, 0) is 0 Å². The molecule has 0 atom stereocenters. The van der Waals surface area contributed by atoms with Gasteiger partial charge in [0, 0.05) is 0 Å². The second kappa shape index (κ2) is 19.9. The Labute approximate surface area is 201 Å². The van der Waals surface area contributed by atoms with Crippen LogP contribution in [0, 0.1) is 0 Å². The second-order valence-electron chi connectivity index (χ2n) is 9.42. The van der Waals surface area contributed by atoms with Gasteiger partial charge in [0.05, 0.1) is 0 Å². The van der Waals surface area contributed by atoms with Gasteiger partial charge in [-0.15, -0.1) is 0 Å². The maximum atomic E-state index is 10.1. The molecule has 2 N–H and O–H groups in total. The summed E-state index contributed by atoms with van der Waals surface area (Å²) in [5.74, 6) is 0. The molecule has 184 valence electrons. The molecule has 0 fully saturated rings. The molecule has 0 aromatic heterocycles. The van der Waals surface area contributed by atoms with Gasteiger partial charge >= 0.3 is 202 Å². The Morgan fingerprint density at radius 1 is 0.467 bits per heavy atom. The maximum absolute atomic E-state index is 10.1. The van der Waals surface area contributed by atoms with Crippen LogP contribution in [0.4, 0.5) is 0 Å². The van der Waals surface area contributed by atoms with Crippen molar-refractivity contribution in [1.82, 2.24) is 0 Å². The zero-order valence-electron chi connectivity index (χ0n) is 20.2. The van der Waals surface area contributed by atoms with E-state index in [9.17, 15) is 9.79 Å². The van der Waals surface area contributed by atoms with E-state index in [1.165, 1.54) is 116 Å². The fourth-order valence-electron chi connectivity index (χ4n) is 4.14. The number of hydrogen-bond donors (Lipinski definition) is 4. The summed E-state index contributed by atoms with van der Waals surface area (Å²) < 4.78 is -2.92. The molecule has 0 bridgehead atoms. The van der Waals surface area contributed by atoms with Gasteiger partial charge in [0.25, 0.3) is 0 Å². The molecule has 0 heterocycles. The molecule has 0 aliphatic heterocycles. The van der Waals surface area contributed by atoms with Crippen LogP contribution in [-0.4, -0.2) is 22.1 Å². The van der Waals surface area contributed by atoms with E-state index in [4.69, 9.17) is 24.5 Å². The first-order valence-electron chi connectivity index (χ1n) is 13.0. The van der Waals surface area contributed by atoms with Crippen LogP contribution >= 0.6 is 37.3 Å². The Kier molecular flexibility index (Phi) is 20.9. The summed E-state index contributed by atoms with van der Waals surface area (Å²) >= 11 is 9.75. The van der Waals surface area contributed by atoms with Gasteiger partial charge in [-0.25, -0.2) is 0 Å². The number of unbranched alkanes of at least 4 members (excludes halogenated alkanes) is 18. The summed E-state index contributed by atoms with van der Waals surface area (Å²) in [5, 5.41) is 0. The Balaban J connectivity index is 3.85. The van der Waals surface area contributed by atoms with Crippen molar-refractivity contribution in [1.29, 1.82) is 0 Å². The van der Waals surface area contributed by atoms with E-state index < -0.39 is 12.8 Å². The summed E-state index contributed by atoms with van der Waals surface area (Å²) in [4.78, 5) is 20.3. The molecule has 0 amide bonds. The van der Waals surface area contributed by atoms with E-state index in [2.05, 4.69) is 13.8 Å². The molecule has 30 heavy (non-hydrogen) atoms. The zero-order chi connectivity index (χ0) is 22.6. The van der Waals surface area contributed by atoms with Crippen molar-refractivity contribution in [2.24, 2.45) is 0 Å². The summed E-state index contributed by atoms with van der Waals surface area (Å²) in [6, 6.07) is 0. The third kappa shape index (κ3) is 17.0. The van der Waals surface area contributed by atoms with Crippen LogP contribution in [0.1, 0.15) is 142 Å². The van der Waals surface area contributed by atoms with E-state index in [-0.39, 0.29) is 0 Å². The molecule has 0 spiro atoms. The second-order valence-corrected chi connectivity index (χ2v) is 26.1. The van der Waals surface area contributed by atoms with Gasteiger partial charge in [0.2, 0.25) is 0 Å². The summed E-state index contributed by atoms with van der Waals surface area (Å²) in [5.41, 5.74) is 0. The fraction of sp³-hybridized carbons (Fsp3) is 1.00. The van der Waals surface area contributed by atoms with Crippen LogP contribution in [0.15, 0.2) is 0 Å². The van der Waals surface area contributed by atoms with E-state index in [1.807, 2.05) is 0 Å². The topological polar surface area (TPSA) is 40.5 Å². The van der Waals surface area contributed by atoms with Crippen molar-refractivity contribution in [3.8, 4) is 0 Å². The van der Waals surface area contributed by atoms with Crippen molar-refractivity contribution in [3.05, 3.63) is 0 Å². The molecule has 0 unspecified atom stereocenters. The molecule has 0 aliphatic carbocycles. The van der Waals surface area contributed by atoms with E-state index in [1.54, 1.807) is 0 Å². The first-order chi connectivity index (χ1) is 14.4. The Morgan fingerprint density at radius 2 is 0.700 bits per heavy atom. The monoisotopic (exact) mass is 500 g/mol. The van der Waals surface area contributed by atoms with Crippen molar-refractivity contribution in [3.63, 3.8) is 0 Å². The molecule has 0 saturated heterocycles. The predicted molar refractivity (Wildman–Crippen MR) is 150 cm³/mol. The third-order valence-corrected chi connectivity index (χ3v) is 18.6. The first-order valence-corrected chi connectivity index (χ1v) is 19.9. The molecule has 0 rings (SSSR count). The van der Waals surface area contributed by atoms with Crippen molar-refractivity contribution in [2.75, 3.05) is 12.3 Å². The molecule has 6 heteroatoms. The SMILES string of the molecule is CCCCCCCCCCCCP(S)(S)(CCCCCCCCCCCC)P(O)O. The normalized spacial score (nSPS) is 13.6. The average Bonchev–Trinajstić information content (AvgIpc) is 2.71. The fourth-order valence-corrected chi connectivity index (χ4v) is 10.1. The molecule has 0 aromatic carbocycles. The zero-order valence-corrected chi connectivity index (χ0v) is 23.8. The van der Waals surface area contributed by atoms with E-state index in [0.717, 1.165) is 25.2 Å². The number of hydrogen-bond acceptors (Lipinski definition) is 4. The minimum absolute atomic E-state index is 0.810. The van der Waals surface area contributed by atoms with Crippen LogP contribution in [0.5, 0.6) is 0 Å². The van der Waals surface area contributed by atoms with Gasteiger partial charge in [0.1, 0.15) is 0 Å². The Hall–Kier alpha value is 1.48. The van der Waals surface area contributed by atoms with Gasteiger partial charge in [-0.2, -0.15) is 0 Å². The molecular formula is C24H54O2P2S2. The number of rotatable bonds is 23. The van der Waals surface area contributed by atoms with Gasteiger partial charge in [-0.3, -0.25) is 0 Å². The summed E-state index contributed by atoms with van der Waals surface area (Å²) in [7, 11) is -2.04. The first kappa shape index (κ1) is 31.5. The standard InChI is InChI=1S/C24H54O2P2S2/c1-3-5-7-9-11-13-15-17-19-21-23-28(29,30,27(25)26)24-22-20-18-16-14-12-10-8-6-4-2/h25-26,29-30H,3-24H2,1-2H3. The summed E-state index contributed by atoms with van der Waals surface area (Å²) in [6.45, 7) is 4.53. The third-order valence-electron chi connectivity index (χ3n) is 6.35. The molecule has 0 saturated carbocycles. The number of thiol groups is 2. The molecule has 0 aliphatic rings. The average molecular weight is 501 g/mol. The van der Waals surface area contributed by atoms with Crippen LogP contribution < -0.4 is 0 Å². The van der Waals surface area contributed by atoms with Gasteiger partial charge in [-0.05, 0) is 0 Å². The Morgan fingerprint density at radius 3 is 0.933 bits per heavy atom. The molecule has 0 aromatic rings. The van der Waals surface area contributed by atoms with Gasteiger partial charge in [-0.1, -0.05) is 0 Å². The van der Waals surface area contributed by atoms with E-state index >= 15 is 0 Å². The molecular weight excluding hydrogens is 446 g/mol. The predicted octanol–water partition coefficient (Wildman–Crippen LogP) is 10.3. The van der Waals surface area contributed by atoms with Gasteiger partial charge in [0.15, 0.2) is 0 Å². The van der Waals surface area contributed by atoms with Crippen molar-refractivity contribution >= 4 is 37.3 Å². The van der Waals surface area contributed by atoms with Crippen molar-refractivity contribution in [2.45, 2.75) is 142 Å². The van der Waals surface area contributed by atoms with Crippen LogP contribution in [0.25, 0.3) is 0 Å². The molecule has 0 radical (unpaired) electrons. The Bertz CT molecular complexity index is 354. The molecule has 2 nitrogen and oxygen atoms in total. The van der Waals surface area contributed by atoms with Crippen molar-refractivity contribution < 1.29 is 9.79 Å². The van der Waals surface area contributed by atoms with Gasteiger partial charge < -0.3 is 0 Å². The van der Waals surface area contributed by atoms with Crippen LogP contribution in [0.3, 0.4) is 0 Å². The van der Waals surface area contributed by atoms with Crippen LogP contribution in [0.2, 0.25) is 0 Å². The van der Waals surface area contributed by atoms with E-state index in [0.29, 0.717) is 0 Å².